The van der Waals surface area contributed by atoms with Gasteiger partial charge in [0.05, 0.1) is 12.7 Å². The van der Waals surface area contributed by atoms with E-state index in [2.05, 4.69) is 0 Å². The van der Waals surface area contributed by atoms with Gasteiger partial charge < -0.3 is 9.47 Å². The van der Waals surface area contributed by atoms with Gasteiger partial charge in [-0.05, 0) is 25.3 Å². The van der Waals surface area contributed by atoms with Gasteiger partial charge in [-0.15, -0.1) is 0 Å². The maximum Gasteiger partial charge on any atom is 0.342 e. The molecule has 0 N–H and O–H groups in total. The Morgan fingerprint density at radius 1 is 1.31 bits per heavy atom. The van der Waals surface area contributed by atoms with Crippen LogP contribution in [0.2, 0.25) is 0 Å². The second-order valence-corrected chi connectivity index (χ2v) is 4.70. The van der Waals surface area contributed by atoms with Crippen molar-refractivity contribution in [2.24, 2.45) is 0 Å². The van der Waals surface area contributed by atoms with Gasteiger partial charge in [-0.25, -0.2) is 4.79 Å². The molecule has 3 heteroatoms. The van der Waals surface area contributed by atoms with E-state index in [9.17, 15) is 4.79 Å². The Bertz CT molecular complexity index is 468. The van der Waals surface area contributed by atoms with Crippen LogP contribution < -0.4 is 0 Å². The van der Waals surface area contributed by atoms with E-state index in [1.807, 2.05) is 31.2 Å². The summed E-state index contributed by atoms with van der Waals surface area (Å²) in [6.45, 7) is 2.05. The summed E-state index contributed by atoms with van der Waals surface area (Å²) in [6, 6.07) is 7.94. The standard InChI is InChI=1S/C13H14O3/c1-12-7-8-13(16-12,11(14)15-2)10-6-4-3-5-9(10)12/h3-6H,7-8H2,1-2H3. The molecule has 3 rings (SSSR count). The number of ether oxygens (including phenoxy) is 2. The van der Waals surface area contributed by atoms with E-state index in [1.54, 1.807) is 0 Å². The first-order chi connectivity index (χ1) is 7.62. The Balaban J connectivity index is 2.22. The number of methoxy groups -OCH3 is 1. The Morgan fingerprint density at radius 2 is 2.00 bits per heavy atom. The summed E-state index contributed by atoms with van der Waals surface area (Å²) in [7, 11) is 1.41. The van der Waals surface area contributed by atoms with Gasteiger partial charge in [-0.2, -0.15) is 0 Å². The van der Waals surface area contributed by atoms with Crippen molar-refractivity contribution in [3.8, 4) is 0 Å². The van der Waals surface area contributed by atoms with E-state index in [4.69, 9.17) is 9.47 Å². The number of carbonyl (C=O) groups is 1. The predicted octanol–water partition coefficient (Wildman–Crippen LogP) is 2.09. The van der Waals surface area contributed by atoms with Crippen molar-refractivity contribution >= 4 is 5.97 Å². The van der Waals surface area contributed by atoms with E-state index in [0.29, 0.717) is 6.42 Å². The van der Waals surface area contributed by atoms with Crippen molar-refractivity contribution in [1.29, 1.82) is 0 Å². The zero-order chi connectivity index (χ0) is 11.4. The second-order valence-electron chi connectivity index (χ2n) is 4.70. The van der Waals surface area contributed by atoms with Crippen LogP contribution >= 0.6 is 0 Å². The summed E-state index contributed by atoms with van der Waals surface area (Å²) in [6.07, 6.45) is 1.59. The highest BCUT2D eigenvalue weighted by Gasteiger charge is 2.61. The average Bonchev–Trinajstić information content (AvgIpc) is 2.80. The molecular formula is C13H14O3. The van der Waals surface area contributed by atoms with Crippen LogP contribution in [0.5, 0.6) is 0 Å². The van der Waals surface area contributed by atoms with Crippen molar-refractivity contribution in [3.63, 3.8) is 0 Å². The second kappa shape index (κ2) is 2.86. The van der Waals surface area contributed by atoms with Crippen LogP contribution in [0.15, 0.2) is 24.3 Å². The van der Waals surface area contributed by atoms with E-state index in [0.717, 1.165) is 17.5 Å². The van der Waals surface area contributed by atoms with Gasteiger partial charge in [-0.1, -0.05) is 24.3 Å². The summed E-state index contributed by atoms with van der Waals surface area (Å²) in [5.41, 5.74) is 0.951. The van der Waals surface area contributed by atoms with E-state index in [1.165, 1.54) is 7.11 Å². The number of hydrogen-bond donors (Lipinski definition) is 0. The normalized spacial score (nSPS) is 34.9. The number of carbonyl (C=O) groups excluding carboxylic acids is 1. The first kappa shape index (κ1) is 9.85. The van der Waals surface area contributed by atoms with Gasteiger partial charge in [0, 0.05) is 5.56 Å². The molecule has 2 aliphatic heterocycles. The molecule has 16 heavy (non-hydrogen) atoms. The van der Waals surface area contributed by atoms with Crippen molar-refractivity contribution < 1.29 is 14.3 Å². The molecule has 0 spiro atoms. The lowest BCUT2D eigenvalue weighted by molar-refractivity contribution is -0.172. The first-order valence-electron chi connectivity index (χ1n) is 5.51. The van der Waals surface area contributed by atoms with Gasteiger partial charge in [0.2, 0.25) is 0 Å². The first-order valence-corrected chi connectivity index (χ1v) is 5.51. The topological polar surface area (TPSA) is 35.5 Å². The highest BCUT2D eigenvalue weighted by atomic mass is 16.6. The fourth-order valence-electron chi connectivity index (χ4n) is 3.00. The van der Waals surface area contributed by atoms with E-state index >= 15 is 0 Å². The highest BCUT2D eigenvalue weighted by Crippen LogP contribution is 2.58. The summed E-state index contributed by atoms with van der Waals surface area (Å²) in [5.74, 6) is -0.277. The molecule has 1 aromatic carbocycles. The third-order valence-corrected chi connectivity index (χ3v) is 3.80. The largest absolute Gasteiger partial charge is 0.467 e. The minimum atomic E-state index is -0.847. The lowest BCUT2D eigenvalue weighted by atomic mass is 9.77. The fourth-order valence-corrected chi connectivity index (χ4v) is 3.00. The Labute approximate surface area is 94.4 Å². The third kappa shape index (κ3) is 0.944. The highest BCUT2D eigenvalue weighted by molar-refractivity contribution is 5.84. The van der Waals surface area contributed by atoms with Crippen LogP contribution in [0.1, 0.15) is 30.9 Å². The molecule has 0 aromatic heterocycles. The molecule has 1 fully saturated rings. The number of benzene rings is 1. The van der Waals surface area contributed by atoms with Crippen LogP contribution in [0, 0.1) is 0 Å². The summed E-state index contributed by atoms with van der Waals surface area (Å²) < 4.78 is 10.9. The molecule has 2 heterocycles. The van der Waals surface area contributed by atoms with Crippen molar-refractivity contribution in [2.45, 2.75) is 31.0 Å². The molecule has 1 saturated heterocycles. The smallest absolute Gasteiger partial charge is 0.342 e. The average molecular weight is 218 g/mol. The van der Waals surface area contributed by atoms with Gasteiger partial charge in [0.15, 0.2) is 5.60 Å². The SMILES string of the molecule is COC(=O)C12CCC(C)(O1)c1ccccc12. The summed E-state index contributed by atoms with van der Waals surface area (Å²) >= 11 is 0. The third-order valence-electron chi connectivity index (χ3n) is 3.80. The van der Waals surface area contributed by atoms with Gasteiger partial charge in [-0.3, -0.25) is 0 Å². The van der Waals surface area contributed by atoms with Crippen LogP contribution in [0.25, 0.3) is 0 Å². The van der Waals surface area contributed by atoms with Crippen molar-refractivity contribution in [3.05, 3.63) is 35.4 Å². The van der Waals surface area contributed by atoms with Gasteiger partial charge in [0.25, 0.3) is 0 Å². The monoisotopic (exact) mass is 218 g/mol. The predicted molar refractivity (Wildman–Crippen MR) is 57.8 cm³/mol. The van der Waals surface area contributed by atoms with Crippen LogP contribution in [0.4, 0.5) is 0 Å². The van der Waals surface area contributed by atoms with Crippen molar-refractivity contribution in [2.75, 3.05) is 7.11 Å². The molecule has 2 atom stereocenters. The Morgan fingerprint density at radius 3 is 2.69 bits per heavy atom. The molecule has 2 bridgehead atoms. The Kier molecular flexibility index (Phi) is 1.76. The van der Waals surface area contributed by atoms with Crippen molar-refractivity contribution in [1.82, 2.24) is 0 Å². The summed E-state index contributed by atoms with van der Waals surface area (Å²) in [4.78, 5) is 12.0. The molecule has 2 aliphatic rings. The molecule has 84 valence electrons. The van der Waals surface area contributed by atoms with Gasteiger partial charge in [0.1, 0.15) is 0 Å². The number of hydrogen-bond acceptors (Lipinski definition) is 3. The number of esters is 1. The number of rotatable bonds is 1. The molecule has 3 nitrogen and oxygen atoms in total. The van der Waals surface area contributed by atoms with E-state index < -0.39 is 5.60 Å². The van der Waals surface area contributed by atoms with Gasteiger partial charge >= 0.3 is 5.97 Å². The van der Waals surface area contributed by atoms with E-state index in [-0.39, 0.29) is 11.6 Å². The van der Waals surface area contributed by atoms with Crippen LogP contribution in [-0.2, 0) is 25.5 Å². The molecule has 2 unspecified atom stereocenters. The Hall–Kier alpha value is -1.35. The maximum absolute atomic E-state index is 12.0. The minimum Gasteiger partial charge on any atom is -0.467 e. The zero-order valence-electron chi connectivity index (χ0n) is 9.45. The maximum atomic E-state index is 12.0. The molecular weight excluding hydrogens is 204 g/mol. The molecule has 1 aromatic rings. The minimum absolute atomic E-state index is 0.277. The lowest BCUT2D eigenvalue weighted by Gasteiger charge is -2.23. The number of fused-ring (bicyclic) bond motifs is 5. The molecule has 0 aliphatic carbocycles. The van der Waals surface area contributed by atoms with Crippen LogP contribution in [-0.4, -0.2) is 13.1 Å². The molecule has 0 saturated carbocycles. The summed E-state index contributed by atoms with van der Waals surface area (Å²) in [5, 5.41) is 0. The lowest BCUT2D eigenvalue weighted by Crippen LogP contribution is -2.34. The fraction of sp³-hybridized carbons (Fsp3) is 0.462. The molecule has 0 radical (unpaired) electrons. The van der Waals surface area contributed by atoms with Crippen LogP contribution in [0.3, 0.4) is 0 Å². The molecule has 0 amide bonds. The quantitative estimate of drug-likeness (QED) is 0.677. The zero-order valence-corrected chi connectivity index (χ0v) is 9.45.